The molecule has 0 saturated carbocycles. The van der Waals surface area contributed by atoms with Crippen molar-refractivity contribution in [1.29, 1.82) is 0 Å². The van der Waals surface area contributed by atoms with Crippen LogP contribution < -0.4 is 5.32 Å². The number of nitrogens with zero attached hydrogens (tertiary/aromatic N) is 2. The molecular weight excluding hydrogens is 238 g/mol. The summed E-state index contributed by atoms with van der Waals surface area (Å²) >= 11 is 0. The molecule has 4 nitrogen and oxygen atoms in total. The Morgan fingerprint density at radius 2 is 1.84 bits per heavy atom. The molecular formula is C15H23N3O. The standard InChI is InChI=1S/C15H23N3O/c1-14(19)18-10-8-16-7-9-17(11-12-18)13-15-5-3-2-4-6-15/h2-6,16H,7-13H2,1H3. The molecule has 2 rings (SSSR count). The number of hydrogen-bond acceptors (Lipinski definition) is 3. The first-order valence-electron chi connectivity index (χ1n) is 6.98. The molecule has 1 amide bonds. The maximum Gasteiger partial charge on any atom is 0.219 e. The molecule has 0 bridgehead atoms. The zero-order valence-corrected chi connectivity index (χ0v) is 11.6. The molecule has 0 atom stereocenters. The van der Waals surface area contributed by atoms with E-state index in [1.54, 1.807) is 6.92 Å². The van der Waals surface area contributed by atoms with E-state index in [1.165, 1.54) is 5.56 Å². The molecule has 0 unspecified atom stereocenters. The van der Waals surface area contributed by atoms with Crippen LogP contribution in [0.4, 0.5) is 0 Å². The minimum absolute atomic E-state index is 0.170. The largest absolute Gasteiger partial charge is 0.340 e. The van der Waals surface area contributed by atoms with Gasteiger partial charge in [0.05, 0.1) is 0 Å². The van der Waals surface area contributed by atoms with Gasteiger partial charge in [-0.15, -0.1) is 0 Å². The minimum Gasteiger partial charge on any atom is -0.340 e. The molecule has 0 aromatic heterocycles. The number of nitrogens with one attached hydrogen (secondary N) is 1. The Morgan fingerprint density at radius 3 is 2.58 bits per heavy atom. The Bertz CT molecular complexity index is 394. The Labute approximate surface area is 115 Å². The second kappa shape index (κ2) is 7.26. The van der Waals surface area contributed by atoms with Crippen LogP contribution >= 0.6 is 0 Å². The van der Waals surface area contributed by atoms with E-state index < -0.39 is 0 Å². The van der Waals surface area contributed by atoms with Gasteiger partial charge in [-0.05, 0) is 5.56 Å². The van der Waals surface area contributed by atoms with Crippen molar-refractivity contribution in [2.24, 2.45) is 0 Å². The first-order valence-corrected chi connectivity index (χ1v) is 6.98. The van der Waals surface area contributed by atoms with Gasteiger partial charge in [-0.2, -0.15) is 0 Å². The first-order chi connectivity index (χ1) is 9.25. The molecule has 1 aromatic rings. The summed E-state index contributed by atoms with van der Waals surface area (Å²) in [5, 5.41) is 3.39. The van der Waals surface area contributed by atoms with E-state index in [1.807, 2.05) is 11.0 Å². The lowest BCUT2D eigenvalue weighted by molar-refractivity contribution is -0.128. The van der Waals surface area contributed by atoms with E-state index in [-0.39, 0.29) is 5.91 Å². The van der Waals surface area contributed by atoms with Crippen LogP contribution in [0.2, 0.25) is 0 Å². The molecule has 1 heterocycles. The molecule has 1 fully saturated rings. The molecule has 1 N–H and O–H groups in total. The third-order valence-electron chi connectivity index (χ3n) is 3.54. The molecule has 0 radical (unpaired) electrons. The summed E-state index contributed by atoms with van der Waals surface area (Å²) in [6.45, 7) is 8.08. The van der Waals surface area contributed by atoms with Gasteiger partial charge in [0.15, 0.2) is 0 Å². The molecule has 19 heavy (non-hydrogen) atoms. The monoisotopic (exact) mass is 261 g/mol. The fourth-order valence-corrected chi connectivity index (χ4v) is 2.38. The predicted octanol–water partition coefficient (Wildman–Crippen LogP) is 0.940. The summed E-state index contributed by atoms with van der Waals surface area (Å²) in [5.74, 6) is 0.170. The zero-order chi connectivity index (χ0) is 13.5. The van der Waals surface area contributed by atoms with Crippen molar-refractivity contribution in [2.75, 3.05) is 39.3 Å². The van der Waals surface area contributed by atoms with Gasteiger partial charge in [0.1, 0.15) is 0 Å². The summed E-state index contributed by atoms with van der Waals surface area (Å²) in [6, 6.07) is 10.5. The zero-order valence-electron chi connectivity index (χ0n) is 11.6. The lowest BCUT2D eigenvalue weighted by Crippen LogP contribution is -2.38. The second-order valence-corrected chi connectivity index (χ2v) is 5.02. The highest BCUT2D eigenvalue weighted by Gasteiger charge is 2.13. The lowest BCUT2D eigenvalue weighted by Gasteiger charge is -2.25. The second-order valence-electron chi connectivity index (χ2n) is 5.02. The van der Waals surface area contributed by atoms with Gasteiger partial charge in [-0.1, -0.05) is 30.3 Å². The van der Waals surface area contributed by atoms with Crippen molar-refractivity contribution in [1.82, 2.24) is 15.1 Å². The van der Waals surface area contributed by atoms with Gasteiger partial charge in [0.2, 0.25) is 5.91 Å². The maximum absolute atomic E-state index is 11.5. The molecule has 104 valence electrons. The van der Waals surface area contributed by atoms with Crippen molar-refractivity contribution in [2.45, 2.75) is 13.5 Å². The lowest BCUT2D eigenvalue weighted by atomic mass is 10.2. The third kappa shape index (κ3) is 4.65. The highest BCUT2D eigenvalue weighted by molar-refractivity contribution is 5.73. The minimum atomic E-state index is 0.170. The van der Waals surface area contributed by atoms with Crippen LogP contribution in [0.3, 0.4) is 0 Å². The van der Waals surface area contributed by atoms with Crippen LogP contribution in [0.15, 0.2) is 30.3 Å². The van der Waals surface area contributed by atoms with Gasteiger partial charge in [-0.25, -0.2) is 0 Å². The number of rotatable bonds is 2. The van der Waals surface area contributed by atoms with Crippen LogP contribution in [0, 0.1) is 0 Å². The fourth-order valence-electron chi connectivity index (χ4n) is 2.38. The van der Waals surface area contributed by atoms with Crippen LogP contribution in [-0.4, -0.2) is 55.0 Å². The van der Waals surface area contributed by atoms with E-state index >= 15 is 0 Å². The van der Waals surface area contributed by atoms with Crippen molar-refractivity contribution >= 4 is 5.91 Å². The van der Waals surface area contributed by atoms with E-state index in [4.69, 9.17) is 0 Å². The number of carbonyl (C=O) groups excluding carboxylic acids is 1. The summed E-state index contributed by atoms with van der Waals surface area (Å²) in [6.07, 6.45) is 0. The highest BCUT2D eigenvalue weighted by atomic mass is 16.2. The van der Waals surface area contributed by atoms with Crippen molar-refractivity contribution in [3.63, 3.8) is 0 Å². The topological polar surface area (TPSA) is 35.6 Å². The smallest absolute Gasteiger partial charge is 0.219 e. The molecule has 1 aromatic carbocycles. The van der Waals surface area contributed by atoms with E-state index in [0.29, 0.717) is 0 Å². The molecule has 1 saturated heterocycles. The van der Waals surface area contributed by atoms with E-state index in [9.17, 15) is 4.79 Å². The fraction of sp³-hybridized carbons (Fsp3) is 0.533. The van der Waals surface area contributed by atoms with Crippen molar-refractivity contribution in [3.8, 4) is 0 Å². The SMILES string of the molecule is CC(=O)N1CCNCCN(Cc2ccccc2)CC1. The van der Waals surface area contributed by atoms with Crippen LogP contribution in [0.25, 0.3) is 0 Å². The van der Waals surface area contributed by atoms with Crippen molar-refractivity contribution < 1.29 is 4.79 Å². The molecule has 1 aliphatic heterocycles. The quantitative estimate of drug-likeness (QED) is 0.860. The predicted molar refractivity (Wildman–Crippen MR) is 76.8 cm³/mol. The van der Waals surface area contributed by atoms with E-state index in [2.05, 4.69) is 34.5 Å². The Balaban J connectivity index is 1.93. The van der Waals surface area contributed by atoms with E-state index in [0.717, 1.165) is 45.8 Å². The van der Waals surface area contributed by atoms with Crippen LogP contribution in [0.1, 0.15) is 12.5 Å². The number of carbonyl (C=O) groups is 1. The first kappa shape index (κ1) is 14.0. The number of hydrogen-bond donors (Lipinski definition) is 1. The Hall–Kier alpha value is -1.39. The molecule has 0 aliphatic carbocycles. The van der Waals surface area contributed by atoms with Crippen LogP contribution in [-0.2, 0) is 11.3 Å². The Kier molecular flexibility index (Phi) is 5.36. The maximum atomic E-state index is 11.5. The highest BCUT2D eigenvalue weighted by Crippen LogP contribution is 2.05. The molecule has 1 aliphatic rings. The molecule has 4 heteroatoms. The summed E-state index contributed by atoms with van der Waals surface area (Å²) in [7, 11) is 0. The van der Waals surface area contributed by atoms with Crippen LogP contribution in [0.5, 0.6) is 0 Å². The third-order valence-corrected chi connectivity index (χ3v) is 3.54. The summed E-state index contributed by atoms with van der Waals surface area (Å²) in [4.78, 5) is 15.9. The average molecular weight is 261 g/mol. The van der Waals surface area contributed by atoms with Gasteiger partial charge < -0.3 is 10.2 Å². The number of amides is 1. The van der Waals surface area contributed by atoms with Gasteiger partial charge in [0, 0.05) is 52.7 Å². The summed E-state index contributed by atoms with van der Waals surface area (Å²) in [5.41, 5.74) is 1.33. The Morgan fingerprint density at radius 1 is 1.11 bits per heavy atom. The van der Waals surface area contributed by atoms with Gasteiger partial charge in [-0.3, -0.25) is 9.69 Å². The molecule has 0 spiro atoms. The average Bonchev–Trinajstić information content (AvgIpc) is 2.52. The van der Waals surface area contributed by atoms with Gasteiger partial charge in [0.25, 0.3) is 0 Å². The van der Waals surface area contributed by atoms with Gasteiger partial charge >= 0.3 is 0 Å². The summed E-state index contributed by atoms with van der Waals surface area (Å²) < 4.78 is 0. The van der Waals surface area contributed by atoms with Crippen molar-refractivity contribution in [3.05, 3.63) is 35.9 Å². The normalized spacial score (nSPS) is 18.5. The number of benzene rings is 1.